The summed E-state index contributed by atoms with van der Waals surface area (Å²) in [5.74, 6) is -1.61. The van der Waals surface area contributed by atoms with E-state index in [4.69, 9.17) is 14.6 Å². The average Bonchev–Trinajstić information content (AvgIpc) is 2.33. The molecule has 100 valence electrons. The van der Waals surface area contributed by atoms with E-state index in [1.165, 1.54) is 6.07 Å². The maximum absolute atomic E-state index is 13.1. The second-order valence-corrected chi connectivity index (χ2v) is 3.80. The van der Waals surface area contributed by atoms with Crippen LogP contribution in [-0.4, -0.2) is 30.9 Å². The Balaban J connectivity index is 2.40. The fourth-order valence-electron chi connectivity index (χ4n) is 1.34. The first-order valence-corrected chi connectivity index (χ1v) is 5.88. The van der Waals surface area contributed by atoms with Crippen molar-refractivity contribution in [1.29, 1.82) is 0 Å². The standard InChI is InChI=1S/C13H17FO4/c1-2-3-4-17-5-6-18-12-8-10(13(15)16)7-11(14)9-12/h7-9H,2-6H2,1H3,(H,15,16). The van der Waals surface area contributed by atoms with E-state index in [-0.39, 0.29) is 17.9 Å². The van der Waals surface area contributed by atoms with Crippen LogP contribution >= 0.6 is 0 Å². The fraction of sp³-hybridized carbons (Fsp3) is 0.462. The number of aromatic carboxylic acids is 1. The van der Waals surface area contributed by atoms with Gasteiger partial charge in [0.2, 0.25) is 0 Å². The molecule has 1 aromatic rings. The van der Waals surface area contributed by atoms with Crippen LogP contribution in [0.5, 0.6) is 5.75 Å². The molecule has 0 heterocycles. The lowest BCUT2D eigenvalue weighted by molar-refractivity contribution is 0.0695. The topological polar surface area (TPSA) is 55.8 Å². The highest BCUT2D eigenvalue weighted by molar-refractivity contribution is 5.88. The summed E-state index contributed by atoms with van der Waals surface area (Å²) in [5, 5.41) is 8.76. The second-order valence-electron chi connectivity index (χ2n) is 3.80. The van der Waals surface area contributed by atoms with Gasteiger partial charge in [-0.2, -0.15) is 0 Å². The van der Waals surface area contributed by atoms with Crippen molar-refractivity contribution in [3.8, 4) is 5.75 Å². The summed E-state index contributed by atoms with van der Waals surface area (Å²) in [5.41, 5.74) is -0.128. The molecule has 1 N–H and O–H groups in total. The summed E-state index contributed by atoms with van der Waals surface area (Å²) in [6, 6.07) is 3.39. The summed E-state index contributed by atoms with van der Waals surface area (Å²) in [7, 11) is 0. The molecule has 18 heavy (non-hydrogen) atoms. The molecule has 0 amide bonds. The van der Waals surface area contributed by atoms with Crippen LogP contribution in [0.15, 0.2) is 18.2 Å². The van der Waals surface area contributed by atoms with E-state index >= 15 is 0 Å². The minimum absolute atomic E-state index is 0.128. The lowest BCUT2D eigenvalue weighted by atomic mass is 10.2. The molecule has 1 aromatic carbocycles. The average molecular weight is 256 g/mol. The van der Waals surface area contributed by atoms with E-state index < -0.39 is 11.8 Å². The van der Waals surface area contributed by atoms with Gasteiger partial charge in [0.05, 0.1) is 12.2 Å². The SMILES string of the molecule is CCCCOCCOc1cc(F)cc(C(=O)O)c1. The van der Waals surface area contributed by atoms with Gasteiger partial charge in [-0.3, -0.25) is 0 Å². The van der Waals surface area contributed by atoms with Crippen LogP contribution in [0.4, 0.5) is 4.39 Å². The largest absolute Gasteiger partial charge is 0.491 e. The van der Waals surface area contributed by atoms with Crippen LogP contribution < -0.4 is 4.74 Å². The van der Waals surface area contributed by atoms with Crippen molar-refractivity contribution in [3.63, 3.8) is 0 Å². The maximum atomic E-state index is 13.1. The van der Waals surface area contributed by atoms with Crippen molar-refractivity contribution >= 4 is 5.97 Å². The molecule has 0 atom stereocenters. The number of halogens is 1. The number of rotatable bonds is 8. The van der Waals surface area contributed by atoms with E-state index in [1.807, 2.05) is 0 Å². The van der Waals surface area contributed by atoms with E-state index in [2.05, 4.69) is 6.92 Å². The molecule has 0 spiro atoms. The molecule has 0 aliphatic carbocycles. The molecule has 0 aliphatic rings. The van der Waals surface area contributed by atoms with Gasteiger partial charge in [0, 0.05) is 12.7 Å². The predicted molar refractivity (Wildman–Crippen MR) is 64.6 cm³/mol. The van der Waals surface area contributed by atoms with Gasteiger partial charge in [-0.1, -0.05) is 13.3 Å². The summed E-state index contributed by atoms with van der Waals surface area (Å²) in [6.45, 7) is 3.41. The smallest absolute Gasteiger partial charge is 0.335 e. The fourth-order valence-corrected chi connectivity index (χ4v) is 1.34. The van der Waals surface area contributed by atoms with Gasteiger partial charge in [0.25, 0.3) is 0 Å². The van der Waals surface area contributed by atoms with Crippen LogP contribution in [0.1, 0.15) is 30.1 Å². The normalized spacial score (nSPS) is 10.3. The third-order valence-corrected chi connectivity index (χ3v) is 2.26. The molecule has 0 aliphatic heterocycles. The number of ether oxygens (including phenoxy) is 2. The highest BCUT2D eigenvalue weighted by atomic mass is 19.1. The zero-order chi connectivity index (χ0) is 13.4. The molecular formula is C13H17FO4. The third-order valence-electron chi connectivity index (χ3n) is 2.26. The van der Waals surface area contributed by atoms with E-state index in [0.717, 1.165) is 25.0 Å². The molecule has 0 saturated heterocycles. The van der Waals surface area contributed by atoms with Gasteiger partial charge in [-0.25, -0.2) is 9.18 Å². The van der Waals surface area contributed by atoms with Crippen molar-refractivity contribution in [2.24, 2.45) is 0 Å². The van der Waals surface area contributed by atoms with Crippen LogP contribution in [0, 0.1) is 5.82 Å². The first kappa shape index (κ1) is 14.4. The Morgan fingerprint density at radius 2 is 2.06 bits per heavy atom. The summed E-state index contributed by atoms with van der Waals surface area (Å²) in [6.07, 6.45) is 2.05. The van der Waals surface area contributed by atoms with E-state index in [1.54, 1.807) is 0 Å². The molecule has 0 unspecified atom stereocenters. The van der Waals surface area contributed by atoms with E-state index in [0.29, 0.717) is 13.2 Å². The predicted octanol–water partition coefficient (Wildman–Crippen LogP) is 2.72. The monoisotopic (exact) mass is 256 g/mol. The molecular weight excluding hydrogens is 239 g/mol. The van der Waals surface area contributed by atoms with Gasteiger partial charge in [-0.05, 0) is 18.6 Å². The minimum atomic E-state index is -1.18. The Morgan fingerprint density at radius 1 is 1.28 bits per heavy atom. The lowest BCUT2D eigenvalue weighted by Crippen LogP contribution is -2.08. The Kier molecular flexibility index (Phi) is 6.14. The van der Waals surface area contributed by atoms with Gasteiger partial charge >= 0.3 is 5.97 Å². The maximum Gasteiger partial charge on any atom is 0.335 e. The van der Waals surface area contributed by atoms with Crippen LogP contribution in [0.25, 0.3) is 0 Å². The van der Waals surface area contributed by atoms with Gasteiger partial charge in [0.1, 0.15) is 18.2 Å². The molecule has 4 nitrogen and oxygen atoms in total. The van der Waals surface area contributed by atoms with Crippen LogP contribution in [0.2, 0.25) is 0 Å². The lowest BCUT2D eigenvalue weighted by Gasteiger charge is -2.07. The van der Waals surface area contributed by atoms with Crippen molar-refractivity contribution < 1.29 is 23.8 Å². The van der Waals surface area contributed by atoms with Crippen molar-refractivity contribution in [3.05, 3.63) is 29.6 Å². The summed E-state index contributed by atoms with van der Waals surface area (Å²) >= 11 is 0. The summed E-state index contributed by atoms with van der Waals surface area (Å²) in [4.78, 5) is 10.7. The number of carbonyl (C=O) groups is 1. The Bertz CT molecular complexity index is 393. The molecule has 5 heteroatoms. The van der Waals surface area contributed by atoms with Gasteiger partial charge in [0.15, 0.2) is 0 Å². The molecule has 0 bridgehead atoms. The zero-order valence-corrected chi connectivity index (χ0v) is 10.3. The Labute approximate surface area is 105 Å². The van der Waals surface area contributed by atoms with Gasteiger partial charge < -0.3 is 14.6 Å². The number of unbranched alkanes of at least 4 members (excludes halogenated alkanes) is 1. The van der Waals surface area contributed by atoms with Crippen LogP contribution in [-0.2, 0) is 4.74 Å². The quantitative estimate of drug-likeness (QED) is 0.726. The molecule has 0 aromatic heterocycles. The van der Waals surface area contributed by atoms with Crippen LogP contribution in [0.3, 0.4) is 0 Å². The number of benzene rings is 1. The molecule has 0 saturated carbocycles. The first-order chi connectivity index (χ1) is 8.63. The number of hydrogen-bond donors (Lipinski definition) is 1. The number of hydrogen-bond acceptors (Lipinski definition) is 3. The zero-order valence-electron chi connectivity index (χ0n) is 10.3. The Hall–Kier alpha value is -1.62. The van der Waals surface area contributed by atoms with Crippen molar-refractivity contribution in [1.82, 2.24) is 0 Å². The second kappa shape index (κ2) is 7.66. The molecule has 1 rings (SSSR count). The minimum Gasteiger partial charge on any atom is -0.491 e. The van der Waals surface area contributed by atoms with Gasteiger partial charge in [-0.15, -0.1) is 0 Å². The highest BCUT2D eigenvalue weighted by Crippen LogP contribution is 2.16. The van der Waals surface area contributed by atoms with Crippen molar-refractivity contribution in [2.45, 2.75) is 19.8 Å². The molecule has 0 fully saturated rings. The first-order valence-electron chi connectivity index (χ1n) is 5.88. The van der Waals surface area contributed by atoms with E-state index in [9.17, 15) is 9.18 Å². The Morgan fingerprint density at radius 3 is 2.72 bits per heavy atom. The molecule has 0 radical (unpaired) electrons. The highest BCUT2D eigenvalue weighted by Gasteiger charge is 2.07. The number of carboxylic acid groups (broad SMARTS) is 1. The third kappa shape index (κ3) is 5.14. The summed E-state index contributed by atoms with van der Waals surface area (Å²) < 4.78 is 23.6. The number of carboxylic acids is 1. The van der Waals surface area contributed by atoms with Crippen molar-refractivity contribution in [2.75, 3.05) is 19.8 Å².